The van der Waals surface area contributed by atoms with Crippen LogP contribution in [0.5, 0.6) is 0 Å². The van der Waals surface area contributed by atoms with Crippen LogP contribution in [0.2, 0.25) is 15.3 Å². The number of fused-ring (bicyclic) bond motifs is 1. The molecular weight excluding hydrogens is 424 g/mol. The maximum atomic E-state index is 12.4. The van der Waals surface area contributed by atoms with Crippen molar-refractivity contribution in [3.05, 3.63) is 38.5 Å². The average molecular weight is 439 g/mol. The number of aromatic amines is 1. The summed E-state index contributed by atoms with van der Waals surface area (Å²) in [5.74, 6) is -0.479. The number of hydrogen-bond acceptors (Lipinski definition) is 5. The van der Waals surface area contributed by atoms with Crippen LogP contribution in [0.1, 0.15) is 26.7 Å². The molecule has 0 aromatic carbocycles. The first-order chi connectivity index (χ1) is 12.8. The molecule has 0 bridgehead atoms. The average Bonchev–Trinajstić information content (AvgIpc) is 2.95. The van der Waals surface area contributed by atoms with Crippen LogP contribution in [0.15, 0.2) is 6.07 Å². The molecule has 3 N–H and O–H groups in total. The summed E-state index contributed by atoms with van der Waals surface area (Å²) in [4.78, 5) is 36.2. The van der Waals surface area contributed by atoms with Gasteiger partial charge in [-0.15, -0.1) is 0 Å². The van der Waals surface area contributed by atoms with E-state index in [1.165, 1.54) is 6.07 Å². The van der Waals surface area contributed by atoms with Gasteiger partial charge in [0.05, 0.1) is 10.0 Å². The number of nitrogens with one attached hydrogen (secondary N) is 2. The third-order valence-corrected chi connectivity index (χ3v) is 6.12. The number of amides is 1. The first-order valence-corrected chi connectivity index (χ1v) is 9.27. The molecule has 0 unspecified atom stereocenters. The molecule has 4 rings (SSSR count). The van der Waals surface area contributed by atoms with Gasteiger partial charge in [-0.05, 0) is 18.5 Å². The molecular formula is C16H15Cl3LiN5O3. The second kappa shape index (κ2) is 7.77. The number of hydrogen-bond donors (Lipinski definition) is 3. The number of halogens is 3. The molecule has 0 radical (unpaired) electrons. The maximum absolute atomic E-state index is 12.4. The molecule has 3 atom stereocenters. The van der Waals surface area contributed by atoms with Gasteiger partial charge in [0.15, 0.2) is 5.69 Å². The fraction of sp³-hybridized carbons (Fsp3) is 0.375. The Morgan fingerprint density at radius 3 is 2.39 bits per heavy atom. The molecule has 2 aliphatic rings. The molecule has 28 heavy (non-hydrogen) atoms. The first-order valence-electron chi connectivity index (χ1n) is 8.13. The number of aryl methyl sites for hydroxylation is 1. The summed E-state index contributed by atoms with van der Waals surface area (Å²) in [7, 11) is 0. The van der Waals surface area contributed by atoms with E-state index < -0.39 is 5.97 Å². The Labute approximate surface area is 187 Å². The minimum absolute atomic E-state index is 0. The number of H-pyrrole nitrogens is 1. The van der Waals surface area contributed by atoms with E-state index in [4.69, 9.17) is 39.9 Å². The molecule has 2 aromatic heterocycles. The van der Waals surface area contributed by atoms with Crippen LogP contribution in [0.25, 0.3) is 0 Å². The van der Waals surface area contributed by atoms with E-state index in [9.17, 15) is 9.59 Å². The van der Waals surface area contributed by atoms with E-state index in [1.54, 1.807) is 6.92 Å². The van der Waals surface area contributed by atoms with Gasteiger partial charge in [0, 0.05) is 42.7 Å². The quantitative estimate of drug-likeness (QED) is 0.497. The number of carboxylic acid groups (broad SMARTS) is 1. The number of piperidine rings is 1. The molecule has 1 aliphatic heterocycles. The molecule has 12 heteroatoms. The summed E-state index contributed by atoms with van der Waals surface area (Å²) in [6.07, 6.45) is 0. The molecule has 1 saturated heterocycles. The Morgan fingerprint density at radius 2 is 1.86 bits per heavy atom. The van der Waals surface area contributed by atoms with Crippen LogP contribution in [-0.4, -0.2) is 69.9 Å². The van der Waals surface area contributed by atoms with Crippen molar-refractivity contribution in [2.45, 2.75) is 13.0 Å². The molecule has 144 valence electrons. The van der Waals surface area contributed by atoms with Gasteiger partial charge >= 0.3 is 24.8 Å². The van der Waals surface area contributed by atoms with E-state index in [-0.39, 0.29) is 64.3 Å². The number of nitrogens with zero attached hydrogens (tertiary/aromatic N) is 3. The predicted octanol–water partition coefficient (Wildman–Crippen LogP) is 1.99. The van der Waals surface area contributed by atoms with Crippen molar-refractivity contribution in [3.8, 4) is 0 Å². The predicted molar refractivity (Wildman–Crippen MR) is 107 cm³/mol. The van der Waals surface area contributed by atoms with Crippen LogP contribution in [0, 0.1) is 18.8 Å². The number of carbonyl (C=O) groups is 2. The third-order valence-electron chi connectivity index (χ3n) is 5.00. The van der Waals surface area contributed by atoms with Crippen LogP contribution >= 0.6 is 34.8 Å². The van der Waals surface area contributed by atoms with Crippen LogP contribution in [0.3, 0.4) is 0 Å². The van der Waals surface area contributed by atoms with Gasteiger partial charge in [-0.3, -0.25) is 4.79 Å². The Morgan fingerprint density at radius 1 is 1.21 bits per heavy atom. The van der Waals surface area contributed by atoms with E-state index in [2.05, 4.69) is 20.3 Å². The second-order valence-electron chi connectivity index (χ2n) is 6.67. The van der Waals surface area contributed by atoms with Crippen molar-refractivity contribution in [1.29, 1.82) is 0 Å². The number of carbonyl (C=O) groups excluding carboxylic acids is 1. The number of carboxylic acids is 1. The normalized spacial score (nSPS) is 22.4. The number of aromatic nitrogens is 3. The number of rotatable bonds is 4. The molecule has 1 saturated carbocycles. The van der Waals surface area contributed by atoms with Crippen molar-refractivity contribution in [2.75, 3.05) is 18.0 Å². The van der Waals surface area contributed by atoms with E-state index in [0.29, 0.717) is 29.6 Å². The zero-order valence-electron chi connectivity index (χ0n) is 14.0. The van der Waals surface area contributed by atoms with Gasteiger partial charge in [-0.25, -0.2) is 14.8 Å². The Hall–Kier alpha value is -1.43. The van der Waals surface area contributed by atoms with Crippen LogP contribution < -0.4 is 10.2 Å². The minimum atomic E-state index is -1.16. The van der Waals surface area contributed by atoms with Crippen molar-refractivity contribution in [2.24, 2.45) is 11.8 Å². The third kappa shape index (κ3) is 3.72. The fourth-order valence-electron chi connectivity index (χ4n) is 3.56. The fourth-order valence-corrected chi connectivity index (χ4v) is 4.15. The number of aromatic carboxylic acids is 1. The monoisotopic (exact) mass is 437 g/mol. The van der Waals surface area contributed by atoms with Crippen molar-refractivity contribution >= 4 is 71.4 Å². The first kappa shape index (κ1) is 21.3. The summed E-state index contributed by atoms with van der Waals surface area (Å²) in [5, 5.41) is 12.5. The Bertz CT molecular complexity index is 957. The molecule has 1 amide bonds. The van der Waals surface area contributed by atoms with Crippen LogP contribution in [-0.2, 0) is 0 Å². The van der Waals surface area contributed by atoms with Crippen molar-refractivity contribution < 1.29 is 14.7 Å². The van der Waals surface area contributed by atoms with Gasteiger partial charge < -0.3 is 20.3 Å². The molecule has 3 heterocycles. The number of anilines is 1. The molecule has 2 fully saturated rings. The SMILES string of the molecule is Cc1[nH]c(C(=O)N[C@H]2[C@@H]3CN(c4cc(C(=O)O)nc(Cl)n4)C[C@@H]32)c(Cl)c1Cl.[LiH]. The molecule has 2 aromatic rings. The van der Waals surface area contributed by atoms with Crippen molar-refractivity contribution in [3.63, 3.8) is 0 Å². The molecule has 1 aliphatic carbocycles. The zero-order valence-corrected chi connectivity index (χ0v) is 16.2. The van der Waals surface area contributed by atoms with E-state index in [0.717, 1.165) is 0 Å². The molecule has 8 nitrogen and oxygen atoms in total. The summed E-state index contributed by atoms with van der Waals surface area (Å²) in [6, 6.07) is 1.43. The zero-order chi connectivity index (χ0) is 19.5. The van der Waals surface area contributed by atoms with Gasteiger partial charge in [0.1, 0.15) is 11.5 Å². The van der Waals surface area contributed by atoms with E-state index >= 15 is 0 Å². The Balaban J connectivity index is 0.00000225. The van der Waals surface area contributed by atoms with Gasteiger partial charge in [0.2, 0.25) is 5.28 Å². The summed E-state index contributed by atoms with van der Waals surface area (Å²) >= 11 is 17.9. The topological polar surface area (TPSA) is 111 Å². The van der Waals surface area contributed by atoms with Gasteiger partial charge in [-0.1, -0.05) is 23.2 Å². The van der Waals surface area contributed by atoms with Crippen molar-refractivity contribution in [1.82, 2.24) is 20.3 Å². The van der Waals surface area contributed by atoms with Crippen LogP contribution in [0.4, 0.5) is 5.82 Å². The summed E-state index contributed by atoms with van der Waals surface area (Å²) in [5.41, 5.74) is 0.752. The Kier molecular flexibility index (Phi) is 5.90. The standard InChI is InChI=1S/C16H14Cl3N5O3.Li.H/c1-5-10(17)11(18)13(20-5)14(25)23-12-6-3-24(4-7(6)12)9-2-8(15(26)27)21-16(19)22-9;;/h2,6-7,12,20H,3-4H2,1H3,(H,23,25)(H,26,27);;/t6-,7+,12+;;. The van der Waals surface area contributed by atoms with E-state index in [1.807, 2.05) is 4.90 Å². The summed E-state index contributed by atoms with van der Waals surface area (Å²) in [6.45, 7) is 3.02. The molecule has 0 spiro atoms. The second-order valence-corrected chi connectivity index (χ2v) is 7.76. The van der Waals surface area contributed by atoms with Gasteiger partial charge in [0.25, 0.3) is 5.91 Å². The summed E-state index contributed by atoms with van der Waals surface area (Å²) < 4.78 is 0. The van der Waals surface area contributed by atoms with Gasteiger partial charge in [-0.2, -0.15) is 0 Å².